The van der Waals surface area contributed by atoms with Crippen LogP contribution in [0.3, 0.4) is 0 Å². The van der Waals surface area contributed by atoms with Crippen LogP contribution in [-0.2, 0) is 24.4 Å². The van der Waals surface area contributed by atoms with Gasteiger partial charge in [-0.2, -0.15) is 0 Å². The summed E-state index contributed by atoms with van der Waals surface area (Å²) in [4.78, 5) is 12.5. The molecule has 0 aliphatic heterocycles. The summed E-state index contributed by atoms with van der Waals surface area (Å²) in [5, 5.41) is 0.980. The lowest BCUT2D eigenvalue weighted by Gasteiger charge is -2.19. The number of pyridine rings is 1. The highest BCUT2D eigenvalue weighted by atomic mass is 32.1. The van der Waals surface area contributed by atoms with Crippen LogP contribution in [0.5, 0.6) is 0 Å². The second kappa shape index (κ2) is 7.49. The molecule has 6 heteroatoms. The monoisotopic (exact) mass is 306 g/mol. The molecule has 2 N–H and O–H groups in total. The van der Waals surface area contributed by atoms with Crippen LogP contribution in [0.1, 0.15) is 28.9 Å². The average Bonchev–Trinajstić information content (AvgIpc) is 2.88. The number of aromatic nitrogens is 2. The van der Waals surface area contributed by atoms with E-state index in [1.165, 1.54) is 0 Å². The lowest BCUT2D eigenvalue weighted by atomic mass is 10.3. The largest absolute Gasteiger partial charge is 0.378 e. The Morgan fingerprint density at radius 2 is 2.14 bits per heavy atom. The van der Waals surface area contributed by atoms with Crippen LogP contribution >= 0.6 is 11.3 Å². The Balaban J connectivity index is 2.20. The van der Waals surface area contributed by atoms with Gasteiger partial charge in [-0.15, -0.1) is 11.3 Å². The maximum Gasteiger partial charge on any atom is 0.186 e. The number of methoxy groups -OCH3 is 1. The molecule has 0 fully saturated rings. The summed E-state index contributed by atoms with van der Waals surface area (Å²) in [5.41, 5.74) is 8.82. The Morgan fingerprint density at radius 3 is 2.76 bits per heavy atom. The molecule has 5 nitrogen and oxygen atoms in total. The van der Waals surface area contributed by atoms with Crippen LogP contribution in [0.2, 0.25) is 0 Å². The van der Waals surface area contributed by atoms with Gasteiger partial charge in [-0.3, -0.25) is 4.98 Å². The number of anilines is 1. The second-order valence-electron chi connectivity index (χ2n) is 4.79. The zero-order valence-corrected chi connectivity index (χ0v) is 13.6. The van der Waals surface area contributed by atoms with Gasteiger partial charge in [0.1, 0.15) is 0 Å². The van der Waals surface area contributed by atoms with Gasteiger partial charge in [-0.25, -0.2) is 4.98 Å². The number of rotatable bonds is 7. The van der Waals surface area contributed by atoms with E-state index in [0.717, 1.165) is 40.2 Å². The fourth-order valence-corrected chi connectivity index (χ4v) is 3.12. The highest BCUT2D eigenvalue weighted by molar-refractivity contribution is 7.15. The highest BCUT2D eigenvalue weighted by Gasteiger charge is 2.15. The van der Waals surface area contributed by atoms with Crippen LogP contribution < -0.4 is 10.6 Å². The molecule has 0 radical (unpaired) electrons. The summed E-state index contributed by atoms with van der Waals surface area (Å²) in [5.74, 6) is 0. The fraction of sp³-hybridized carbons (Fsp3) is 0.467. The number of ether oxygens (including phenoxy) is 1. The Bertz CT molecular complexity index is 585. The molecule has 0 aliphatic rings. The minimum Gasteiger partial charge on any atom is -0.378 e. The maximum absolute atomic E-state index is 5.79. The molecule has 2 aromatic heterocycles. The number of aryl methyl sites for hydroxylation is 1. The normalized spacial score (nSPS) is 10.9. The molecule has 0 spiro atoms. The van der Waals surface area contributed by atoms with Crippen molar-refractivity contribution < 1.29 is 4.74 Å². The van der Waals surface area contributed by atoms with Gasteiger partial charge < -0.3 is 15.4 Å². The van der Waals surface area contributed by atoms with E-state index in [1.807, 2.05) is 25.1 Å². The van der Waals surface area contributed by atoms with Gasteiger partial charge in [0.15, 0.2) is 5.13 Å². The van der Waals surface area contributed by atoms with Gasteiger partial charge in [0, 0.05) is 30.8 Å². The van der Waals surface area contributed by atoms with Crippen molar-refractivity contribution in [3.8, 4) is 0 Å². The Hall–Kier alpha value is -1.50. The van der Waals surface area contributed by atoms with Gasteiger partial charge >= 0.3 is 0 Å². The van der Waals surface area contributed by atoms with E-state index in [4.69, 9.17) is 10.5 Å². The Labute approximate surface area is 129 Å². The van der Waals surface area contributed by atoms with E-state index >= 15 is 0 Å². The van der Waals surface area contributed by atoms with Crippen molar-refractivity contribution in [2.75, 3.05) is 18.6 Å². The molecule has 2 heterocycles. The molecule has 114 valence electrons. The van der Waals surface area contributed by atoms with Crippen molar-refractivity contribution in [2.45, 2.75) is 33.5 Å². The van der Waals surface area contributed by atoms with Crippen molar-refractivity contribution in [1.29, 1.82) is 0 Å². The molecule has 0 atom stereocenters. The smallest absolute Gasteiger partial charge is 0.186 e. The first-order valence-electron chi connectivity index (χ1n) is 7.03. The summed E-state index contributed by atoms with van der Waals surface area (Å²) >= 11 is 1.64. The van der Waals surface area contributed by atoms with E-state index in [0.29, 0.717) is 13.2 Å². The zero-order valence-electron chi connectivity index (χ0n) is 12.8. The van der Waals surface area contributed by atoms with Gasteiger partial charge in [-0.1, -0.05) is 6.07 Å². The average molecular weight is 306 g/mol. The van der Waals surface area contributed by atoms with E-state index in [9.17, 15) is 0 Å². The van der Waals surface area contributed by atoms with E-state index < -0.39 is 0 Å². The summed E-state index contributed by atoms with van der Waals surface area (Å²) in [6, 6.07) is 6.09. The molecule has 2 aromatic rings. The van der Waals surface area contributed by atoms with Crippen LogP contribution in [0.4, 0.5) is 5.13 Å². The summed E-state index contributed by atoms with van der Waals surface area (Å²) < 4.78 is 5.19. The molecule has 0 aromatic carbocycles. The molecule has 0 saturated heterocycles. The number of hydrogen-bond donors (Lipinski definition) is 1. The van der Waals surface area contributed by atoms with Crippen LogP contribution in [0.15, 0.2) is 18.2 Å². The molecular weight excluding hydrogens is 284 g/mol. The van der Waals surface area contributed by atoms with E-state index in [2.05, 4.69) is 21.8 Å². The standard InChI is InChI=1S/C15H22N4OS/c1-4-19(9-12-7-5-6-11(2)17-12)15-18-13(10-20-3)14(8-16)21-15/h5-7H,4,8-10,16H2,1-3H3. The number of thiazole rings is 1. The van der Waals surface area contributed by atoms with Crippen LogP contribution in [0.25, 0.3) is 0 Å². The summed E-state index contributed by atoms with van der Waals surface area (Å²) in [6.07, 6.45) is 0. The van der Waals surface area contributed by atoms with Crippen molar-refractivity contribution >= 4 is 16.5 Å². The molecule has 2 rings (SSSR count). The quantitative estimate of drug-likeness (QED) is 0.851. The highest BCUT2D eigenvalue weighted by Crippen LogP contribution is 2.27. The zero-order chi connectivity index (χ0) is 15.2. The topological polar surface area (TPSA) is 64.3 Å². The first kappa shape index (κ1) is 15.9. The third-order valence-electron chi connectivity index (χ3n) is 3.18. The third kappa shape index (κ3) is 4.00. The maximum atomic E-state index is 5.79. The lowest BCUT2D eigenvalue weighted by molar-refractivity contribution is 0.181. The Morgan fingerprint density at radius 1 is 1.33 bits per heavy atom. The van der Waals surface area contributed by atoms with Crippen molar-refractivity contribution in [1.82, 2.24) is 9.97 Å². The molecule has 0 saturated carbocycles. The molecule has 0 bridgehead atoms. The number of nitrogens with two attached hydrogens (primary N) is 1. The number of nitrogens with zero attached hydrogens (tertiary/aromatic N) is 3. The summed E-state index contributed by atoms with van der Waals surface area (Å²) in [6.45, 7) is 6.75. The first-order valence-corrected chi connectivity index (χ1v) is 7.84. The van der Waals surface area contributed by atoms with Gasteiger partial charge in [0.2, 0.25) is 0 Å². The third-order valence-corrected chi connectivity index (χ3v) is 4.37. The van der Waals surface area contributed by atoms with Crippen molar-refractivity contribution in [3.05, 3.63) is 40.2 Å². The molecular formula is C15H22N4OS. The van der Waals surface area contributed by atoms with Crippen molar-refractivity contribution in [3.63, 3.8) is 0 Å². The van der Waals surface area contributed by atoms with Gasteiger partial charge in [-0.05, 0) is 26.0 Å². The molecule has 0 aliphatic carbocycles. The lowest BCUT2D eigenvalue weighted by Crippen LogP contribution is -2.22. The van der Waals surface area contributed by atoms with Crippen LogP contribution in [-0.4, -0.2) is 23.6 Å². The van der Waals surface area contributed by atoms with Crippen molar-refractivity contribution in [2.24, 2.45) is 5.73 Å². The van der Waals surface area contributed by atoms with E-state index in [-0.39, 0.29) is 0 Å². The first-order chi connectivity index (χ1) is 10.2. The molecule has 0 amide bonds. The SMILES string of the molecule is CCN(Cc1cccc(C)n1)c1nc(COC)c(CN)s1. The Kier molecular flexibility index (Phi) is 5.67. The predicted molar refractivity (Wildman–Crippen MR) is 86.4 cm³/mol. The molecule has 21 heavy (non-hydrogen) atoms. The van der Waals surface area contributed by atoms with Gasteiger partial charge in [0.05, 0.1) is 24.5 Å². The van der Waals surface area contributed by atoms with Gasteiger partial charge in [0.25, 0.3) is 0 Å². The predicted octanol–water partition coefficient (Wildman–Crippen LogP) is 2.48. The minimum atomic E-state index is 0.497. The fourth-order valence-electron chi connectivity index (χ4n) is 2.11. The molecule has 0 unspecified atom stereocenters. The number of hydrogen-bond acceptors (Lipinski definition) is 6. The van der Waals surface area contributed by atoms with E-state index in [1.54, 1.807) is 18.4 Å². The van der Waals surface area contributed by atoms with Crippen LogP contribution in [0, 0.1) is 6.92 Å². The second-order valence-corrected chi connectivity index (χ2v) is 5.85. The minimum absolute atomic E-state index is 0.497. The summed E-state index contributed by atoms with van der Waals surface area (Å²) in [7, 11) is 1.67.